The fraction of sp³-hybridized carbons (Fsp3) is 0.533. The van der Waals surface area contributed by atoms with Gasteiger partial charge in [0.1, 0.15) is 0 Å². The average Bonchev–Trinajstić information content (AvgIpc) is 2.48. The molecule has 0 bridgehead atoms. The number of nitrogens with zero attached hydrogens (tertiary/aromatic N) is 2. The standard InChI is InChI=1S/C15H23N3O/c1-2-15(19)18-11-9-17(10-12-18)14-5-3-13(4-6-14)7-8-16/h3-6H,2,7-12,16H2,1H3. The molecule has 4 heteroatoms. The zero-order chi connectivity index (χ0) is 13.7. The number of carbonyl (C=O) groups is 1. The molecule has 1 amide bonds. The van der Waals surface area contributed by atoms with Gasteiger partial charge >= 0.3 is 0 Å². The number of anilines is 1. The lowest BCUT2D eigenvalue weighted by Gasteiger charge is -2.36. The van der Waals surface area contributed by atoms with Crippen LogP contribution in [-0.4, -0.2) is 43.5 Å². The SMILES string of the molecule is CCC(=O)N1CCN(c2ccc(CCN)cc2)CC1. The Labute approximate surface area is 115 Å². The van der Waals surface area contributed by atoms with Crippen molar-refractivity contribution in [3.8, 4) is 0 Å². The quantitative estimate of drug-likeness (QED) is 0.887. The van der Waals surface area contributed by atoms with Crippen LogP contribution in [0.5, 0.6) is 0 Å². The summed E-state index contributed by atoms with van der Waals surface area (Å²) in [6, 6.07) is 8.60. The fourth-order valence-electron chi connectivity index (χ4n) is 2.48. The molecule has 1 heterocycles. The molecule has 1 aliphatic heterocycles. The van der Waals surface area contributed by atoms with Gasteiger partial charge in [0, 0.05) is 38.3 Å². The topological polar surface area (TPSA) is 49.6 Å². The monoisotopic (exact) mass is 261 g/mol. The zero-order valence-electron chi connectivity index (χ0n) is 11.6. The molecule has 0 spiro atoms. The van der Waals surface area contributed by atoms with E-state index in [1.165, 1.54) is 11.3 Å². The van der Waals surface area contributed by atoms with Gasteiger partial charge in [0.2, 0.25) is 5.91 Å². The molecule has 104 valence electrons. The van der Waals surface area contributed by atoms with Gasteiger partial charge < -0.3 is 15.5 Å². The first-order valence-corrected chi connectivity index (χ1v) is 7.06. The highest BCUT2D eigenvalue weighted by Crippen LogP contribution is 2.17. The Morgan fingerprint density at radius 2 is 1.79 bits per heavy atom. The summed E-state index contributed by atoms with van der Waals surface area (Å²) in [5, 5.41) is 0. The van der Waals surface area contributed by atoms with Gasteiger partial charge in [-0.25, -0.2) is 0 Å². The van der Waals surface area contributed by atoms with Crippen LogP contribution in [-0.2, 0) is 11.2 Å². The number of hydrogen-bond acceptors (Lipinski definition) is 3. The molecule has 0 atom stereocenters. The Morgan fingerprint density at radius 1 is 1.16 bits per heavy atom. The summed E-state index contributed by atoms with van der Waals surface area (Å²) in [6.45, 7) is 6.11. The van der Waals surface area contributed by atoms with Gasteiger partial charge in [-0.2, -0.15) is 0 Å². The Hall–Kier alpha value is -1.55. The van der Waals surface area contributed by atoms with Crippen molar-refractivity contribution in [2.75, 3.05) is 37.6 Å². The highest BCUT2D eigenvalue weighted by Gasteiger charge is 2.19. The van der Waals surface area contributed by atoms with E-state index in [1.807, 2.05) is 11.8 Å². The molecule has 1 aromatic rings. The molecule has 1 aliphatic rings. The minimum atomic E-state index is 0.262. The first-order valence-electron chi connectivity index (χ1n) is 7.06. The molecular weight excluding hydrogens is 238 g/mol. The molecule has 0 unspecified atom stereocenters. The molecule has 1 saturated heterocycles. The molecule has 1 fully saturated rings. The van der Waals surface area contributed by atoms with E-state index in [9.17, 15) is 4.79 Å². The van der Waals surface area contributed by atoms with Crippen molar-refractivity contribution in [2.45, 2.75) is 19.8 Å². The molecule has 0 radical (unpaired) electrons. The molecule has 19 heavy (non-hydrogen) atoms. The van der Waals surface area contributed by atoms with E-state index < -0.39 is 0 Å². The number of benzene rings is 1. The number of piperazine rings is 1. The minimum Gasteiger partial charge on any atom is -0.368 e. The van der Waals surface area contributed by atoms with E-state index in [-0.39, 0.29) is 5.91 Å². The van der Waals surface area contributed by atoms with Crippen molar-refractivity contribution >= 4 is 11.6 Å². The molecule has 2 N–H and O–H groups in total. The maximum atomic E-state index is 11.6. The van der Waals surface area contributed by atoms with Crippen molar-refractivity contribution < 1.29 is 4.79 Å². The van der Waals surface area contributed by atoms with Crippen LogP contribution < -0.4 is 10.6 Å². The second-order valence-electron chi connectivity index (χ2n) is 4.93. The Kier molecular flexibility index (Phi) is 4.80. The van der Waals surface area contributed by atoms with E-state index in [2.05, 4.69) is 29.2 Å². The molecule has 0 aromatic heterocycles. The van der Waals surface area contributed by atoms with Crippen molar-refractivity contribution in [1.82, 2.24) is 4.90 Å². The van der Waals surface area contributed by atoms with Gasteiger partial charge in [-0.3, -0.25) is 4.79 Å². The van der Waals surface area contributed by atoms with E-state index >= 15 is 0 Å². The maximum Gasteiger partial charge on any atom is 0.222 e. The summed E-state index contributed by atoms with van der Waals surface area (Å²) in [6.07, 6.45) is 1.53. The van der Waals surface area contributed by atoms with Gasteiger partial charge in [-0.1, -0.05) is 19.1 Å². The largest absolute Gasteiger partial charge is 0.368 e. The number of rotatable bonds is 4. The molecule has 2 rings (SSSR count). The van der Waals surface area contributed by atoms with Crippen molar-refractivity contribution in [3.63, 3.8) is 0 Å². The first kappa shape index (κ1) is 13.9. The van der Waals surface area contributed by atoms with Gasteiger partial charge in [0.05, 0.1) is 0 Å². The van der Waals surface area contributed by atoms with E-state index in [0.29, 0.717) is 13.0 Å². The van der Waals surface area contributed by atoms with Crippen LogP contribution in [0.15, 0.2) is 24.3 Å². The van der Waals surface area contributed by atoms with Crippen LogP contribution in [0.25, 0.3) is 0 Å². The smallest absolute Gasteiger partial charge is 0.222 e. The van der Waals surface area contributed by atoms with Crippen molar-refractivity contribution in [1.29, 1.82) is 0 Å². The summed E-state index contributed by atoms with van der Waals surface area (Å²) < 4.78 is 0. The molecule has 0 saturated carbocycles. The average molecular weight is 261 g/mol. The lowest BCUT2D eigenvalue weighted by atomic mass is 10.1. The van der Waals surface area contributed by atoms with E-state index in [0.717, 1.165) is 32.6 Å². The third kappa shape index (κ3) is 3.47. The van der Waals surface area contributed by atoms with Crippen LogP contribution in [0.3, 0.4) is 0 Å². The highest BCUT2D eigenvalue weighted by molar-refractivity contribution is 5.76. The number of amides is 1. The summed E-state index contributed by atoms with van der Waals surface area (Å²) >= 11 is 0. The normalized spacial score (nSPS) is 15.7. The molecular formula is C15H23N3O. The van der Waals surface area contributed by atoms with Crippen LogP contribution in [0.4, 0.5) is 5.69 Å². The zero-order valence-corrected chi connectivity index (χ0v) is 11.6. The maximum absolute atomic E-state index is 11.6. The fourth-order valence-corrected chi connectivity index (χ4v) is 2.48. The van der Waals surface area contributed by atoms with E-state index in [1.54, 1.807) is 0 Å². The summed E-state index contributed by atoms with van der Waals surface area (Å²) in [4.78, 5) is 15.9. The minimum absolute atomic E-state index is 0.262. The van der Waals surface area contributed by atoms with Crippen molar-refractivity contribution in [2.24, 2.45) is 5.73 Å². The van der Waals surface area contributed by atoms with Crippen molar-refractivity contribution in [3.05, 3.63) is 29.8 Å². The second-order valence-corrected chi connectivity index (χ2v) is 4.93. The third-order valence-electron chi connectivity index (χ3n) is 3.67. The number of carbonyl (C=O) groups excluding carboxylic acids is 1. The highest BCUT2D eigenvalue weighted by atomic mass is 16.2. The Morgan fingerprint density at radius 3 is 2.32 bits per heavy atom. The van der Waals surface area contributed by atoms with Crippen LogP contribution in [0.2, 0.25) is 0 Å². The van der Waals surface area contributed by atoms with Gasteiger partial charge in [0.15, 0.2) is 0 Å². The molecule has 1 aromatic carbocycles. The molecule has 0 aliphatic carbocycles. The molecule has 4 nitrogen and oxygen atoms in total. The third-order valence-corrected chi connectivity index (χ3v) is 3.67. The Bertz CT molecular complexity index is 408. The lowest BCUT2D eigenvalue weighted by Crippen LogP contribution is -2.48. The van der Waals surface area contributed by atoms with Crippen LogP contribution >= 0.6 is 0 Å². The number of hydrogen-bond donors (Lipinski definition) is 1. The summed E-state index contributed by atoms with van der Waals surface area (Å²) in [5.74, 6) is 0.262. The summed E-state index contributed by atoms with van der Waals surface area (Å²) in [5.41, 5.74) is 8.07. The second kappa shape index (κ2) is 6.57. The van der Waals surface area contributed by atoms with Crippen LogP contribution in [0.1, 0.15) is 18.9 Å². The van der Waals surface area contributed by atoms with Gasteiger partial charge in [0.25, 0.3) is 0 Å². The number of nitrogens with two attached hydrogens (primary N) is 1. The summed E-state index contributed by atoms with van der Waals surface area (Å²) in [7, 11) is 0. The first-order chi connectivity index (χ1) is 9.24. The van der Waals surface area contributed by atoms with Gasteiger partial charge in [-0.05, 0) is 30.7 Å². The van der Waals surface area contributed by atoms with Gasteiger partial charge in [-0.15, -0.1) is 0 Å². The predicted molar refractivity (Wildman–Crippen MR) is 78.3 cm³/mol. The lowest BCUT2D eigenvalue weighted by molar-refractivity contribution is -0.131. The predicted octanol–water partition coefficient (Wildman–Crippen LogP) is 1.25. The van der Waals surface area contributed by atoms with Crippen LogP contribution in [0, 0.1) is 0 Å². The Balaban J connectivity index is 1.92. The van der Waals surface area contributed by atoms with E-state index in [4.69, 9.17) is 5.73 Å².